The van der Waals surface area contributed by atoms with E-state index in [2.05, 4.69) is 29.6 Å². The van der Waals surface area contributed by atoms with Crippen LogP contribution in [0.3, 0.4) is 0 Å². The Kier molecular flexibility index (Phi) is 7.81. The second-order valence-electron chi connectivity index (χ2n) is 11.9. The number of nitrogens with one attached hydrogen (secondary N) is 2. The van der Waals surface area contributed by atoms with Crippen LogP contribution in [-0.4, -0.2) is 53.7 Å². The molecule has 0 radical (unpaired) electrons. The lowest BCUT2D eigenvalue weighted by molar-refractivity contribution is -0.306. The normalized spacial score (nSPS) is 34.0. The van der Waals surface area contributed by atoms with Gasteiger partial charge in [-0.3, -0.25) is 9.59 Å². The number of carbonyl (C=O) groups is 2. The van der Waals surface area contributed by atoms with Crippen molar-refractivity contribution in [3.63, 3.8) is 0 Å². The van der Waals surface area contributed by atoms with Crippen molar-refractivity contribution in [3.8, 4) is 0 Å². The second kappa shape index (κ2) is 11.0. The third-order valence-electron chi connectivity index (χ3n) is 9.33. The Hall–Kier alpha value is -2.82. The fourth-order valence-electron chi connectivity index (χ4n) is 7.21. The van der Waals surface area contributed by atoms with Crippen LogP contribution in [0.5, 0.6) is 0 Å². The van der Waals surface area contributed by atoms with Crippen LogP contribution in [-0.2, 0) is 20.8 Å². The molecular weight excluding hydrogens is 505 g/mol. The van der Waals surface area contributed by atoms with Gasteiger partial charge >= 0.3 is 0 Å². The van der Waals surface area contributed by atoms with Crippen LogP contribution in [0.2, 0.25) is 0 Å². The number of nitrogens with zero attached hydrogens (tertiary/aromatic N) is 1. The Morgan fingerprint density at radius 1 is 1.13 bits per heavy atom. The molecule has 1 aromatic heterocycles. The van der Waals surface area contributed by atoms with Gasteiger partial charge in [-0.15, -0.1) is 0 Å². The van der Waals surface area contributed by atoms with E-state index in [1.807, 2.05) is 0 Å². The molecule has 212 valence electrons. The Labute approximate surface area is 227 Å². The van der Waals surface area contributed by atoms with Crippen molar-refractivity contribution < 1.29 is 33.1 Å². The van der Waals surface area contributed by atoms with Gasteiger partial charge in [0.1, 0.15) is 11.6 Å². The summed E-state index contributed by atoms with van der Waals surface area (Å²) >= 11 is 0. The Morgan fingerprint density at radius 2 is 1.90 bits per heavy atom. The summed E-state index contributed by atoms with van der Waals surface area (Å²) in [6, 6.07) is 7.64. The van der Waals surface area contributed by atoms with E-state index >= 15 is 0 Å². The first-order valence-electron chi connectivity index (χ1n) is 13.8. The first kappa shape index (κ1) is 27.7. The van der Waals surface area contributed by atoms with E-state index in [1.54, 1.807) is 25.1 Å². The van der Waals surface area contributed by atoms with Gasteiger partial charge in [0.25, 0.3) is 5.91 Å². The molecule has 3 fully saturated rings. The SMILES string of the molecule is Cc1cc(C(=O)NCC2OCC3(C)C(CCC4(C)C(CC(=O)NCc5ccc(F)cc5)C(O)CCC34)O2)no1. The molecule has 10 heteroatoms. The maximum atomic E-state index is 13.2. The molecule has 3 N–H and O–H groups in total. The van der Waals surface area contributed by atoms with Crippen molar-refractivity contribution in [2.75, 3.05) is 13.2 Å². The number of rotatable bonds is 7. The van der Waals surface area contributed by atoms with E-state index in [1.165, 1.54) is 12.1 Å². The van der Waals surface area contributed by atoms with Crippen LogP contribution in [0.4, 0.5) is 4.39 Å². The molecule has 2 aromatic rings. The molecule has 39 heavy (non-hydrogen) atoms. The lowest BCUT2D eigenvalue weighted by atomic mass is 9.46. The fraction of sp³-hybridized carbons (Fsp3) is 0.621. The molecule has 9 nitrogen and oxygen atoms in total. The van der Waals surface area contributed by atoms with E-state index in [-0.39, 0.29) is 65.1 Å². The number of hydrogen-bond acceptors (Lipinski definition) is 7. The second-order valence-corrected chi connectivity index (χ2v) is 11.9. The maximum Gasteiger partial charge on any atom is 0.273 e. The zero-order valence-corrected chi connectivity index (χ0v) is 22.7. The molecule has 2 heterocycles. The minimum absolute atomic E-state index is 0.0521. The summed E-state index contributed by atoms with van der Waals surface area (Å²) in [5.41, 5.74) is 0.508. The molecule has 1 aliphatic heterocycles. The predicted molar refractivity (Wildman–Crippen MR) is 139 cm³/mol. The zero-order valence-electron chi connectivity index (χ0n) is 22.7. The van der Waals surface area contributed by atoms with Crippen LogP contribution in [0.15, 0.2) is 34.9 Å². The van der Waals surface area contributed by atoms with Crippen LogP contribution in [0.25, 0.3) is 0 Å². The first-order valence-corrected chi connectivity index (χ1v) is 13.8. The highest BCUT2D eigenvalue weighted by atomic mass is 19.1. The predicted octanol–water partition coefficient (Wildman–Crippen LogP) is 3.49. The van der Waals surface area contributed by atoms with Crippen LogP contribution in [0.1, 0.15) is 67.8 Å². The summed E-state index contributed by atoms with van der Waals surface area (Å²) in [6.45, 7) is 7.11. The summed E-state index contributed by atoms with van der Waals surface area (Å²) in [5, 5.41) is 20.5. The van der Waals surface area contributed by atoms with Gasteiger partial charge < -0.3 is 29.7 Å². The van der Waals surface area contributed by atoms with Crippen molar-refractivity contribution in [2.45, 2.75) is 77.9 Å². The number of benzene rings is 1. The third-order valence-corrected chi connectivity index (χ3v) is 9.33. The van der Waals surface area contributed by atoms with E-state index < -0.39 is 12.4 Å². The summed E-state index contributed by atoms with van der Waals surface area (Å²) in [4.78, 5) is 25.3. The van der Waals surface area contributed by atoms with E-state index in [9.17, 15) is 19.1 Å². The number of ether oxygens (including phenoxy) is 2. The Morgan fingerprint density at radius 3 is 2.62 bits per heavy atom. The minimum atomic E-state index is -0.563. The number of aryl methyl sites for hydroxylation is 1. The average Bonchev–Trinajstić information content (AvgIpc) is 3.35. The number of aliphatic hydroxyl groups excluding tert-OH is 1. The molecule has 1 saturated heterocycles. The van der Waals surface area contributed by atoms with Gasteiger partial charge in [-0.05, 0) is 67.6 Å². The zero-order chi connectivity index (χ0) is 27.8. The van der Waals surface area contributed by atoms with E-state index in [0.717, 1.165) is 24.8 Å². The van der Waals surface area contributed by atoms with Gasteiger partial charge in [0.05, 0.1) is 25.4 Å². The monoisotopic (exact) mass is 543 g/mol. The molecule has 7 atom stereocenters. The number of halogens is 1. The third kappa shape index (κ3) is 5.60. The highest BCUT2D eigenvalue weighted by Gasteiger charge is 2.61. The number of hydrogen-bond donors (Lipinski definition) is 3. The molecule has 3 aliphatic rings. The molecule has 5 rings (SSSR count). The number of aromatic nitrogens is 1. The molecule has 1 aromatic carbocycles. The first-order chi connectivity index (χ1) is 18.6. The van der Waals surface area contributed by atoms with Crippen molar-refractivity contribution >= 4 is 11.8 Å². The van der Waals surface area contributed by atoms with Crippen molar-refractivity contribution in [3.05, 3.63) is 53.2 Å². The van der Waals surface area contributed by atoms with E-state index in [0.29, 0.717) is 25.3 Å². The highest BCUT2D eigenvalue weighted by Crippen LogP contribution is 2.62. The molecule has 7 unspecified atom stereocenters. The number of carbonyl (C=O) groups excluding carboxylic acids is 2. The van der Waals surface area contributed by atoms with Crippen molar-refractivity contribution in [1.29, 1.82) is 0 Å². The van der Waals surface area contributed by atoms with Gasteiger partial charge in [0, 0.05) is 24.4 Å². The summed E-state index contributed by atoms with van der Waals surface area (Å²) in [6.07, 6.45) is 2.11. The lowest BCUT2D eigenvalue weighted by Gasteiger charge is -2.63. The van der Waals surface area contributed by atoms with Gasteiger partial charge in [0.15, 0.2) is 12.0 Å². The number of fused-ring (bicyclic) bond motifs is 3. The number of aliphatic hydroxyl groups is 1. The van der Waals surface area contributed by atoms with Gasteiger partial charge in [0.2, 0.25) is 5.91 Å². The summed E-state index contributed by atoms with van der Waals surface area (Å²) in [7, 11) is 0. The van der Waals surface area contributed by atoms with Crippen LogP contribution in [0, 0.1) is 35.4 Å². The largest absolute Gasteiger partial charge is 0.393 e. The van der Waals surface area contributed by atoms with Crippen LogP contribution < -0.4 is 10.6 Å². The van der Waals surface area contributed by atoms with Gasteiger partial charge in [-0.25, -0.2) is 4.39 Å². The lowest BCUT2D eigenvalue weighted by Crippen LogP contribution is -2.63. The van der Waals surface area contributed by atoms with Crippen LogP contribution >= 0.6 is 0 Å². The van der Waals surface area contributed by atoms with E-state index in [4.69, 9.17) is 14.0 Å². The molecule has 0 bridgehead atoms. The average molecular weight is 544 g/mol. The molecule has 0 spiro atoms. The smallest absolute Gasteiger partial charge is 0.273 e. The van der Waals surface area contributed by atoms with Crippen molar-refractivity contribution in [2.24, 2.45) is 22.7 Å². The van der Waals surface area contributed by atoms with Crippen molar-refractivity contribution in [1.82, 2.24) is 15.8 Å². The Balaban J connectivity index is 1.20. The molecular formula is C29H38FN3O6. The fourth-order valence-corrected chi connectivity index (χ4v) is 7.21. The minimum Gasteiger partial charge on any atom is -0.393 e. The molecule has 2 aliphatic carbocycles. The molecule has 2 amide bonds. The Bertz CT molecular complexity index is 1190. The standard InChI is InChI=1S/C29H38FN3O6/c1-17-12-21(33-39-17)27(36)32-15-26-37-16-29(3)23-9-8-22(34)20(28(23,2)11-10-24(29)38-26)13-25(35)31-14-18-4-6-19(30)7-5-18/h4-7,12,20,22-24,26,34H,8-11,13-16H2,1-3H3,(H,31,35)(H,32,36). The quantitative estimate of drug-likeness (QED) is 0.489. The van der Waals surface area contributed by atoms with Gasteiger partial charge in [-0.2, -0.15) is 0 Å². The van der Waals surface area contributed by atoms with Gasteiger partial charge in [-0.1, -0.05) is 31.1 Å². The summed E-state index contributed by atoms with van der Waals surface area (Å²) in [5.74, 6) is -0.197. The summed E-state index contributed by atoms with van der Waals surface area (Å²) < 4.78 is 30.7. The topological polar surface area (TPSA) is 123 Å². The maximum absolute atomic E-state index is 13.2. The number of amides is 2. The highest BCUT2D eigenvalue weighted by molar-refractivity contribution is 5.92. The molecule has 2 saturated carbocycles.